The molecule has 0 unspecified atom stereocenters. The van der Waals surface area contributed by atoms with Crippen LogP contribution in [-0.4, -0.2) is 9.97 Å². The van der Waals surface area contributed by atoms with E-state index in [0.29, 0.717) is 14.7 Å². The molecule has 74 valence electrons. The van der Waals surface area contributed by atoms with Crippen molar-refractivity contribution in [2.45, 2.75) is 13.3 Å². The monoisotopic (exact) mass is 230 g/mol. The Kier molecular flexibility index (Phi) is 2.20. The lowest BCUT2D eigenvalue weighted by Crippen LogP contribution is -2.28. The van der Waals surface area contributed by atoms with Crippen LogP contribution in [0.3, 0.4) is 0 Å². The zero-order chi connectivity index (χ0) is 10.3. The molecule has 0 saturated carbocycles. The largest absolute Gasteiger partial charge is 0.315 e. The molecule has 0 bridgehead atoms. The molecular weight excluding hydrogens is 224 g/mol. The van der Waals surface area contributed by atoms with Crippen molar-refractivity contribution < 1.29 is 0 Å². The molecule has 14 heavy (non-hydrogen) atoms. The predicted molar refractivity (Wildman–Crippen MR) is 57.5 cm³/mol. The smallest absolute Gasteiger partial charge is 0.314 e. The number of fused-ring (bicyclic) bond motifs is 1. The summed E-state index contributed by atoms with van der Waals surface area (Å²) in [7, 11) is 0. The molecule has 2 rings (SSSR count). The van der Waals surface area contributed by atoms with Crippen molar-refractivity contribution >= 4 is 33.3 Å². The van der Waals surface area contributed by atoms with Gasteiger partial charge in [-0.15, -0.1) is 11.3 Å². The minimum atomic E-state index is -0.641. The fourth-order valence-corrected chi connectivity index (χ4v) is 2.73. The van der Waals surface area contributed by atoms with Gasteiger partial charge in [0, 0.05) is 5.56 Å². The Hall–Kier alpha value is -1.07. The molecule has 0 radical (unpaired) electrons. The molecule has 6 heteroatoms. The van der Waals surface area contributed by atoms with Crippen LogP contribution in [0.1, 0.15) is 12.5 Å². The fraction of sp³-hybridized carbons (Fsp3) is 0.250. The van der Waals surface area contributed by atoms with Gasteiger partial charge < -0.3 is 9.97 Å². The fourth-order valence-electron chi connectivity index (χ4n) is 1.30. The Bertz CT molecular complexity index is 595. The third-order valence-electron chi connectivity index (χ3n) is 1.98. The van der Waals surface area contributed by atoms with E-state index < -0.39 is 11.1 Å². The molecule has 0 aliphatic rings. The van der Waals surface area contributed by atoms with Crippen molar-refractivity contribution in [1.82, 2.24) is 9.97 Å². The van der Waals surface area contributed by atoms with E-state index >= 15 is 0 Å². The van der Waals surface area contributed by atoms with E-state index in [4.69, 9.17) is 11.6 Å². The standard InChI is InChI=1S/C8H7ClN2O2S/c1-2-3-4-8(14-5(3)9)11-7(13)6(12)10-4/h2H2,1H3,(H,10,12)(H,11,13). The lowest BCUT2D eigenvalue weighted by molar-refractivity contribution is 1.11. The van der Waals surface area contributed by atoms with Crippen LogP contribution in [-0.2, 0) is 6.42 Å². The molecule has 0 aliphatic heterocycles. The summed E-state index contributed by atoms with van der Waals surface area (Å²) in [5.74, 6) is 0. The maximum Gasteiger partial charge on any atom is 0.314 e. The number of nitrogens with one attached hydrogen (secondary N) is 2. The van der Waals surface area contributed by atoms with Gasteiger partial charge in [0.1, 0.15) is 9.17 Å². The Morgan fingerprint density at radius 3 is 2.57 bits per heavy atom. The Balaban J connectivity index is 2.96. The van der Waals surface area contributed by atoms with Crippen LogP contribution in [0.5, 0.6) is 0 Å². The highest BCUT2D eigenvalue weighted by atomic mass is 35.5. The van der Waals surface area contributed by atoms with Gasteiger partial charge >= 0.3 is 11.1 Å². The zero-order valence-corrected chi connectivity index (χ0v) is 8.88. The van der Waals surface area contributed by atoms with Crippen molar-refractivity contribution in [3.05, 3.63) is 30.6 Å². The number of rotatable bonds is 1. The van der Waals surface area contributed by atoms with Crippen LogP contribution < -0.4 is 11.1 Å². The van der Waals surface area contributed by atoms with Gasteiger partial charge in [-0.3, -0.25) is 9.59 Å². The van der Waals surface area contributed by atoms with Gasteiger partial charge in [-0.25, -0.2) is 0 Å². The highest BCUT2D eigenvalue weighted by Gasteiger charge is 2.11. The Labute approximate surface area is 87.5 Å². The first-order valence-corrected chi connectivity index (χ1v) is 5.26. The number of thiophene rings is 1. The topological polar surface area (TPSA) is 65.7 Å². The van der Waals surface area contributed by atoms with Gasteiger partial charge in [-0.05, 0) is 6.42 Å². The molecule has 0 spiro atoms. The molecule has 2 heterocycles. The van der Waals surface area contributed by atoms with Gasteiger partial charge in [-0.2, -0.15) is 0 Å². The predicted octanol–water partition coefficient (Wildman–Crippen LogP) is 1.49. The van der Waals surface area contributed by atoms with Crippen LogP contribution in [0.4, 0.5) is 0 Å². The van der Waals surface area contributed by atoms with E-state index in [1.54, 1.807) is 0 Å². The summed E-state index contributed by atoms with van der Waals surface area (Å²) in [5, 5.41) is 0. The minimum absolute atomic E-state index is 0.611. The molecule has 0 aliphatic carbocycles. The summed E-state index contributed by atoms with van der Waals surface area (Å²) in [6.45, 7) is 1.94. The Morgan fingerprint density at radius 1 is 1.29 bits per heavy atom. The number of hydrogen-bond acceptors (Lipinski definition) is 3. The van der Waals surface area contributed by atoms with Crippen molar-refractivity contribution in [3.63, 3.8) is 0 Å². The number of aromatic nitrogens is 2. The number of aryl methyl sites for hydroxylation is 1. The summed E-state index contributed by atoms with van der Waals surface area (Å²) < 4.78 is 0.611. The van der Waals surface area contributed by atoms with Crippen LogP contribution in [0, 0.1) is 0 Å². The van der Waals surface area contributed by atoms with E-state index in [-0.39, 0.29) is 0 Å². The minimum Gasteiger partial charge on any atom is -0.315 e. The summed E-state index contributed by atoms with van der Waals surface area (Å²) in [4.78, 5) is 27.7. The van der Waals surface area contributed by atoms with Crippen LogP contribution >= 0.6 is 22.9 Å². The van der Waals surface area contributed by atoms with Crippen LogP contribution in [0.2, 0.25) is 4.34 Å². The first-order chi connectivity index (χ1) is 6.63. The zero-order valence-electron chi connectivity index (χ0n) is 7.31. The maximum atomic E-state index is 11.1. The van der Waals surface area contributed by atoms with Crippen molar-refractivity contribution in [3.8, 4) is 0 Å². The van der Waals surface area contributed by atoms with Crippen molar-refractivity contribution in [2.24, 2.45) is 0 Å². The molecular formula is C8H7ClN2O2S. The molecule has 2 aromatic heterocycles. The molecule has 2 aromatic rings. The molecule has 0 amide bonds. The normalized spacial score (nSPS) is 11.0. The molecule has 0 saturated heterocycles. The van der Waals surface area contributed by atoms with E-state index in [1.165, 1.54) is 11.3 Å². The van der Waals surface area contributed by atoms with Gasteiger partial charge in [-0.1, -0.05) is 18.5 Å². The summed E-state index contributed by atoms with van der Waals surface area (Å²) in [6.07, 6.45) is 0.723. The summed E-state index contributed by atoms with van der Waals surface area (Å²) in [6, 6.07) is 0. The average Bonchev–Trinajstić information content (AvgIpc) is 2.42. The second-order valence-corrected chi connectivity index (χ2v) is 4.44. The van der Waals surface area contributed by atoms with Crippen LogP contribution in [0.15, 0.2) is 9.59 Å². The molecule has 4 nitrogen and oxygen atoms in total. The van der Waals surface area contributed by atoms with E-state index in [1.807, 2.05) is 6.92 Å². The van der Waals surface area contributed by atoms with Gasteiger partial charge in [0.25, 0.3) is 0 Å². The van der Waals surface area contributed by atoms with Crippen molar-refractivity contribution in [1.29, 1.82) is 0 Å². The highest BCUT2D eigenvalue weighted by Crippen LogP contribution is 2.31. The van der Waals surface area contributed by atoms with E-state index in [0.717, 1.165) is 12.0 Å². The quantitative estimate of drug-likeness (QED) is 0.729. The number of halogens is 1. The van der Waals surface area contributed by atoms with Gasteiger partial charge in [0.05, 0.1) is 5.52 Å². The molecule has 0 aromatic carbocycles. The average molecular weight is 231 g/mol. The van der Waals surface area contributed by atoms with E-state index in [9.17, 15) is 9.59 Å². The first-order valence-electron chi connectivity index (χ1n) is 4.07. The summed E-state index contributed by atoms with van der Waals surface area (Å²) >= 11 is 7.21. The third-order valence-corrected chi connectivity index (χ3v) is 3.38. The molecule has 2 N–H and O–H groups in total. The van der Waals surface area contributed by atoms with Crippen LogP contribution in [0.25, 0.3) is 10.3 Å². The number of H-pyrrole nitrogens is 2. The lowest BCUT2D eigenvalue weighted by Gasteiger charge is -1.92. The number of hydrogen-bond donors (Lipinski definition) is 2. The first kappa shape index (κ1) is 9.48. The Morgan fingerprint density at radius 2 is 1.93 bits per heavy atom. The van der Waals surface area contributed by atoms with Gasteiger partial charge in [0.2, 0.25) is 0 Å². The van der Waals surface area contributed by atoms with Crippen molar-refractivity contribution in [2.75, 3.05) is 0 Å². The third kappa shape index (κ3) is 1.29. The summed E-state index contributed by atoms with van der Waals surface area (Å²) in [5.41, 5.74) is 0.242. The number of aromatic amines is 2. The second kappa shape index (κ2) is 3.25. The lowest BCUT2D eigenvalue weighted by atomic mass is 10.2. The highest BCUT2D eigenvalue weighted by molar-refractivity contribution is 7.22. The van der Waals surface area contributed by atoms with Gasteiger partial charge in [0.15, 0.2) is 0 Å². The molecule has 0 fully saturated rings. The second-order valence-electron chi connectivity index (χ2n) is 2.82. The molecule has 0 atom stereocenters. The SMILES string of the molecule is CCc1c(Cl)sc2[nH]c(=O)c(=O)[nH]c12. The maximum absolute atomic E-state index is 11.1. The van der Waals surface area contributed by atoms with E-state index in [2.05, 4.69) is 9.97 Å².